The van der Waals surface area contributed by atoms with Crippen LogP contribution in [-0.2, 0) is 9.53 Å². The van der Waals surface area contributed by atoms with E-state index in [0.29, 0.717) is 17.2 Å². The van der Waals surface area contributed by atoms with Crippen molar-refractivity contribution in [1.29, 1.82) is 0 Å². The van der Waals surface area contributed by atoms with E-state index in [-0.39, 0.29) is 5.91 Å². The number of amides is 1. The Hall–Kier alpha value is -1.75. The molecule has 1 heterocycles. The highest BCUT2D eigenvalue weighted by molar-refractivity contribution is 8.03. The fraction of sp³-hybridized carbons (Fsp3) is 0.231. The van der Waals surface area contributed by atoms with Crippen LogP contribution in [0.3, 0.4) is 0 Å². The van der Waals surface area contributed by atoms with Gasteiger partial charge >= 0.3 is 5.97 Å². The van der Waals surface area contributed by atoms with Crippen LogP contribution in [0.15, 0.2) is 40.3 Å². The third kappa shape index (κ3) is 2.41. The molecule has 0 unspecified atom stereocenters. The van der Waals surface area contributed by atoms with Crippen molar-refractivity contribution in [2.45, 2.75) is 11.8 Å². The average molecular weight is 263 g/mol. The van der Waals surface area contributed by atoms with Crippen molar-refractivity contribution < 1.29 is 14.3 Å². The van der Waals surface area contributed by atoms with E-state index in [1.54, 1.807) is 20.0 Å². The Morgan fingerprint density at radius 2 is 2.17 bits per heavy atom. The molecule has 2 rings (SSSR count). The van der Waals surface area contributed by atoms with E-state index in [2.05, 4.69) is 0 Å². The molecule has 0 aromatic heterocycles. The molecule has 5 heteroatoms. The van der Waals surface area contributed by atoms with E-state index in [9.17, 15) is 9.59 Å². The Balaban J connectivity index is 2.32. The Bertz CT molecular complexity index is 525. The third-order valence-electron chi connectivity index (χ3n) is 2.50. The summed E-state index contributed by atoms with van der Waals surface area (Å²) in [7, 11) is 1.65. The summed E-state index contributed by atoms with van der Waals surface area (Å²) in [5, 5.41) is 0.581. The molecule has 0 fully saturated rings. The second-order valence-electron chi connectivity index (χ2n) is 3.70. The molecule has 1 aromatic carbocycles. The van der Waals surface area contributed by atoms with Crippen LogP contribution < -0.4 is 0 Å². The van der Waals surface area contributed by atoms with Crippen LogP contribution in [0.5, 0.6) is 0 Å². The first kappa shape index (κ1) is 12.7. The van der Waals surface area contributed by atoms with Gasteiger partial charge in [-0.1, -0.05) is 23.9 Å². The number of esters is 1. The van der Waals surface area contributed by atoms with Crippen molar-refractivity contribution in [3.63, 3.8) is 0 Å². The molecular weight excluding hydrogens is 250 g/mol. The van der Waals surface area contributed by atoms with Gasteiger partial charge < -0.3 is 9.64 Å². The number of thioether (sulfide) groups is 1. The summed E-state index contributed by atoms with van der Waals surface area (Å²) in [5.41, 5.74) is 0.658. The number of hydrogen-bond donors (Lipinski definition) is 0. The maximum Gasteiger partial charge on any atom is 0.333 e. The molecular formula is C13H13NO3S. The number of hydrogen-bond acceptors (Lipinski definition) is 4. The minimum Gasteiger partial charge on any atom is -0.463 e. The van der Waals surface area contributed by atoms with E-state index >= 15 is 0 Å². The predicted molar refractivity (Wildman–Crippen MR) is 69.1 cm³/mol. The fourth-order valence-corrected chi connectivity index (χ4v) is 2.62. The molecule has 94 valence electrons. The van der Waals surface area contributed by atoms with E-state index < -0.39 is 5.97 Å². The molecule has 0 radical (unpaired) electrons. The summed E-state index contributed by atoms with van der Waals surface area (Å²) in [6.07, 6.45) is 1.35. The van der Waals surface area contributed by atoms with E-state index in [1.807, 2.05) is 18.2 Å². The quantitative estimate of drug-likeness (QED) is 0.606. The molecule has 4 nitrogen and oxygen atoms in total. The average Bonchev–Trinajstić information content (AvgIpc) is 2.36. The number of ether oxygens (including phenoxy) is 1. The van der Waals surface area contributed by atoms with Gasteiger partial charge in [0.15, 0.2) is 0 Å². The molecule has 0 aliphatic carbocycles. The number of benzene rings is 1. The molecule has 1 amide bonds. The summed E-state index contributed by atoms with van der Waals surface area (Å²) < 4.78 is 4.85. The minimum absolute atomic E-state index is 0.111. The van der Waals surface area contributed by atoms with Crippen molar-refractivity contribution >= 4 is 23.6 Å². The standard InChI is InChI=1S/C13H13NO3S/c1-3-17-12(15)8-11-14(2)13(16)9-6-4-5-7-10(9)18-11/h4-8H,3H2,1-2H3. The highest BCUT2D eigenvalue weighted by Crippen LogP contribution is 2.37. The lowest BCUT2D eigenvalue weighted by molar-refractivity contribution is -0.137. The molecule has 0 bridgehead atoms. The lowest BCUT2D eigenvalue weighted by Gasteiger charge is -2.26. The van der Waals surface area contributed by atoms with Crippen molar-refractivity contribution in [1.82, 2.24) is 4.90 Å². The summed E-state index contributed by atoms with van der Waals surface area (Å²) >= 11 is 1.39. The highest BCUT2D eigenvalue weighted by atomic mass is 32.2. The van der Waals surface area contributed by atoms with E-state index in [1.165, 1.54) is 22.7 Å². The number of carbonyl (C=O) groups is 2. The van der Waals surface area contributed by atoms with Crippen LogP contribution in [0.2, 0.25) is 0 Å². The normalized spacial score (nSPS) is 16.7. The van der Waals surface area contributed by atoms with Gasteiger partial charge in [-0.25, -0.2) is 4.79 Å². The van der Waals surface area contributed by atoms with E-state index in [0.717, 1.165) is 4.90 Å². The predicted octanol–water partition coefficient (Wildman–Crippen LogP) is 2.27. The Morgan fingerprint density at radius 1 is 1.44 bits per heavy atom. The molecule has 1 aromatic rings. The molecule has 18 heavy (non-hydrogen) atoms. The second kappa shape index (κ2) is 5.27. The van der Waals surface area contributed by atoms with Crippen LogP contribution in [0, 0.1) is 0 Å². The molecule has 0 spiro atoms. The topological polar surface area (TPSA) is 46.6 Å². The lowest BCUT2D eigenvalue weighted by atomic mass is 10.2. The van der Waals surface area contributed by atoms with Gasteiger partial charge in [-0.05, 0) is 19.1 Å². The molecule has 0 atom stereocenters. The Kier molecular flexibility index (Phi) is 3.72. The summed E-state index contributed by atoms with van der Waals surface area (Å²) in [6, 6.07) is 7.34. The maximum absolute atomic E-state index is 12.1. The van der Waals surface area contributed by atoms with Gasteiger partial charge in [0, 0.05) is 11.9 Å². The van der Waals surface area contributed by atoms with E-state index in [4.69, 9.17) is 4.74 Å². The number of fused-ring (bicyclic) bond motifs is 1. The molecule has 0 saturated carbocycles. The zero-order chi connectivity index (χ0) is 13.1. The smallest absolute Gasteiger partial charge is 0.333 e. The maximum atomic E-state index is 12.1. The third-order valence-corrected chi connectivity index (χ3v) is 3.67. The molecule has 1 aliphatic heterocycles. The highest BCUT2D eigenvalue weighted by Gasteiger charge is 2.26. The fourth-order valence-electron chi connectivity index (χ4n) is 1.61. The van der Waals surface area contributed by atoms with Crippen molar-refractivity contribution in [3.05, 3.63) is 40.9 Å². The zero-order valence-corrected chi connectivity index (χ0v) is 11.0. The first-order valence-corrected chi connectivity index (χ1v) is 6.38. The van der Waals surface area contributed by atoms with Gasteiger partial charge in [-0.2, -0.15) is 0 Å². The van der Waals surface area contributed by atoms with Gasteiger partial charge in [0.2, 0.25) is 0 Å². The van der Waals surface area contributed by atoms with Gasteiger partial charge in [-0.15, -0.1) is 0 Å². The van der Waals surface area contributed by atoms with Crippen LogP contribution >= 0.6 is 11.8 Å². The minimum atomic E-state index is -0.431. The zero-order valence-electron chi connectivity index (χ0n) is 10.2. The van der Waals surface area contributed by atoms with Crippen molar-refractivity contribution in [3.8, 4) is 0 Å². The van der Waals surface area contributed by atoms with Gasteiger partial charge in [-0.3, -0.25) is 4.79 Å². The Labute approximate surface area is 110 Å². The Morgan fingerprint density at radius 3 is 2.89 bits per heavy atom. The summed E-state index contributed by atoms with van der Waals surface area (Å²) in [4.78, 5) is 25.8. The number of nitrogens with zero attached hydrogens (tertiary/aromatic N) is 1. The summed E-state index contributed by atoms with van der Waals surface area (Å²) in [6.45, 7) is 2.07. The van der Waals surface area contributed by atoms with Gasteiger partial charge in [0.25, 0.3) is 5.91 Å². The largest absolute Gasteiger partial charge is 0.463 e. The van der Waals surface area contributed by atoms with Gasteiger partial charge in [0.1, 0.15) is 0 Å². The number of carbonyl (C=O) groups excluding carboxylic acids is 2. The lowest BCUT2D eigenvalue weighted by Crippen LogP contribution is -2.29. The van der Waals surface area contributed by atoms with Crippen LogP contribution in [0.1, 0.15) is 17.3 Å². The molecule has 0 saturated heterocycles. The molecule has 1 aliphatic rings. The second-order valence-corrected chi connectivity index (χ2v) is 4.76. The van der Waals surface area contributed by atoms with Crippen LogP contribution in [0.4, 0.5) is 0 Å². The van der Waals surface area contributed by atoms with Crippen LogP contribution in [0.25, 0.3) is 0 Å². The van der Waals surface area contributed by atoms with Gasteiger partial charge in [0.05, 0.1) is 23.3 Å². The first-order chi connectivity index (χ1) is 8.63. The monoisotopic (exact) mass is 263 g/mol. The number of rotatable bonds is 2. The van der Waals surface area contributed by atoms with Crippen molar-refractivity contribution in [2.75, 3.05) is 13.7 Å². The molecule has 0 N–H and O–H groups in total. The van der Waals surface area contributed by atoms with Crippen LogP contribution in [-0.4, -0.2) is 30.4 Å². The SMILES string of the molecule is CCOC(=O)C=C1Sc2ccccc2C(=O)N1C. The first-order valence-electron chi connectivity index (χ1n) is 5.57. The van der Waals surface area contributed by atoms with Crippen molar-refractivity contribution in [2.24, 2.45) is 0 Å². The summed E-state index contributed by atoms with van der Waals surface area (Å²) in [5.74, 6) is -0.543.